The highest BCUT2D eigenvalue weighted by Crippen LogP contribution is 2.31. The van der Waals surface area contributed by atoms with Crippen LogP contribution in [0.1, 0.15) is 37.4 Å². The van der Waals surface area contributed by atoms with E-state index in [9.17, 15) is 9.18 Å². The molecule has 1 aromatic carbocycles. The summed E-state index contributed by atoms with van der Waals surface area (Å²) in [5, 5.41) is 0. The van der Waals surface area contributed by atoms with Gasteiger partial charge in [0.25, 0.3) is 0 Å². The number of hydrogen-bond donors (Lipinski definition) is 1. The molecule has 1 saturated carbocycles. The van der Waals surface area contributed by atoms with E-state index in [2.05, 4.69) is 25.9 Å². The normalized spacial score (nSPS) is 16.6. The number of nitrogens with one attached hydrogen (secondary N) is 1. The van der Waals surface area contributed by atoms with Crippen LogP contribution >= 0.6 is 15.9 Å². The highest BCUT2D eigenvalue weighted by molar-refractivity contribution is 9.10. The molecule has 1 N–H and O–H groups in total. The summed E-state index contributed by atoms with van der Waals surface area (Å²) in [7, 11) is 0. The largest absolute Gasteiger partial charge is 0.342 e. The van der Waals surface area contributed by atoms with E-state index >= 15 is 0 Å². The van der Waals surface area contributed by atoms with Crippen LogP contribution in [-0.2, 0) is 4.79 Å². The zero-order chi connectivity index (χ0) is 14.1. The lowest BCUT2D eigenvalue weighted by Crippen LogP contribution is -2.13. The summed E-state index contributed by atoms with van der Waals surface area (Å²) in [5.41, 5.74) is 1.18. The number of halogens is 2. The average molecular weight is 337 g/mol. The number of Topliss-reactive ketones (excluding diaryl/α,β-unsaturated/α-hetero) is 1. The molecular weight excluding hydrogens is 323 g/mol. The number of hydrogen-bond acceptors (Lipinski definition) is 2. The van der Waals surface area contributed by atoms with Gasteiger partial charge in [0, 0.05) is 28.8 Å². The van der Waals surface area contributed by atoms with Gasteiger partial charge >= 0.3 is 0 Å². The molecule has 0 bridgehead atoms. The molecule has 1 heterocycles. The Kier molecular flexibility index (Phi) is 3.70. The Balaban J connectivity index is 1.86. The average Bonchev–Trinajstić information content (AvgIpc) is 2.92. The highest BCUT2D eigenvalue weighted by Gasteiger charge is 2.22. The van der Waals surface area contributed by atoms with Crippen molar-refractivity contribution in [1.29, 1.82) is 0 Å². The minimum absolute atomic E-state index is 0.275. The van der Waals surface area contributed by atoms with Crippen molar-refractivity contribution in [2.24, 2.45) is 0 Å². The molecule has 0 amide bonds. The van der Waals surface area contributed by atoms with Crippen molar-refractivity contribution in [3.8, 4) is 11.3 Å². The summed E-state index contributed by atoms with van der Waals surface area (Å²) in [5.74, 6) is 1.18. The van der Waals surface area contributed by atoms with E-state index in [1.54, 1.807) is 18.3 Å². The van der Waals surface area contributed by atoms with Gasteiger partial charge in [-0.15, -0.1) is 0 Å². The molecule has 104 valence electrons. The van der Waals surface area contributed by atoms with Crippen molar-refractivity contribution >= 4 is 21.7 Å². The maximum atomic E-state index is 13.8. The van der Waals surface area contributed by atoms with E-state index in [-0.39, 0.29) is 11.7 Å². The predicted molar refractivity (Wildman–Crippen MR) is 77.9 cm³/mol. The Morgan fingerprint density at radius 1 is 1.30 bits per heavy atom. The Morgan fingerprint density at radius 3 is 2.80 bits per heavy atom. The summed E-state index contributed by atoms with van der Waals surface area (Å²) >= 11 is 3.35. The quantitative estimate of drug-likeness (QED) is 0.892. The molecule has 0 atom stereocenters. The lowest BCUT2D eigenvalue weighted by Gasteiger charge is -2.18. The number of carbonyl (C=O) groups is 1. The Hall–Kier alpha value is -1.49. The minimum Gasteiger partial charge on any atom is -0.342 e. The number of aromatic amines is 1. The Labute approximate surface area is 124 Å². The monoisotopic (exact) mass is 336 g/mol. The number of benzene rings is 1. The maximum Gasteiger partial charge on any atom is 0.132 e. The van der Waals surface area contributed by atoms with Crippen molar-refractivity contribution in [3.63, 3.8) is 0 Å². The van der Waals surface area contributed by atoms with E-state index in [1.165, 1.54) is 6.07 Å². The fraction of sp³-hybridized carbons (Fsp3) is 0.333. The SMILES string of the molecule is O=C1CCC(c2ncc(-c3cc(Br)ccc3F)[nH]2)CC1. The topological polar surface area (TPSA) is 45.8 Å². The van der Waals surface area contributed by atoms with Crippen molar-refractivity contribution in [3.05, 3.63) is 40.5 Å². The number of rotatable bonds is 2. The standard InChI is InChI=1S/C15H14BrFN2O/c16-10-3-6-13(17)12(7-10)14-8-18-15(19-14)9-1-4-11(20)5-2-9/h3,6-9H,1-2,4-5H2,(H,18,19). The molecule has 3 rings (SSSR count). The molecule has 2 aromatic rings. The van der Waals surface area contributed by atoms with E-state index in [4.69, 9.17) is 0 Å². The first kappa shape index (κ1) is 13.5. The number of imidazole rings is 1. The summed E-state index contributed by atoms with van der Waals surface area (Å²) in [6, 6.07) is 4.83. The summed E-state index contributed by atoms with van der Waals surface area (Å²) < 4.78 is 14.7. The highest BCUT2D eigenvalue weighted by atomic mass is 79.9. The lowest BCUT2D eigenvalue weighted by molar-refractivity contribution is -0.120. The molecule has 0 unspecified atom stereocenters. The van der Waals surface area contributed by atoms with Crippen LogP contribution in [0.25, 0.3) is 11.3 Å². The van der Waals surface area contributed by atoms with Crippen LogP contribution in [0.4, 0.5) is 4.39 Å². The second-order valence-electron chi connectivity index (χ2n) is 5.12. The van der Waals surface area contributed by atoms with Crippen LogP contribution in [0.3, 0.4) is 0 Å². The molecular formula is C15H14BrFN2O. The van der Waals surface area contributed by atoms with Crippen LogP contribution in [0, 0.1) is 5.82 Å². The molecule has 3 nitrogen and oxygen atoms in total. The Bertz CT molecular complexity index is 643. The van der Waals surface area contributed by atoms with E-state index in [1.807, 2.05) is 0 Å². The first-order valence-electron chi connectivity index (χ1n) is 6.65. The zero-order valence-electron chi connectivity index (χ0n) is 10.8. The molecule has 0 radical (unpaired) electrons. The van der Waals surface area contributed by atoms with Gasteiger partial charge in [-0.1, -0.05) is 15.9 Å². The van der Waals surface area contributed by atoms with Crippen molar-refractivity contribution in [1.82, 2.24) is 9.97 Å². The first-order valence-corrected chi connectivity index (χ1v) is 7.45. The number of aromatic nitrogens is 2. The van der Waals surface area contributed by atoms with Crippen molar-refractivity contribution in [2.75, 3.05) is 0 Å². The fourth-order valence-electron chi connectivity index (χ4n) is 2.60. The molecule has 1 aromatic heterocycles. The van der Waals surface area contributed by atoms with Gasteiger partial charge in [-0.05, 0) is 31.0 Å². The molecule has 0 spiro atoms. The second kappa shape index (κ2) is 5.48. The third-order valence-electron chi connectivity index (χ3n) is 3.74. The molecule has 5 heteroatoms. The third-order valence-corrected chi connectivity index (χ3v) is 4.24. The predicted octanol–water partition coefficient (Wildman–Crippen LogP) is 4.21. The van der Waals surface area contributed by atoms with Gasteiger partial charge in [-0.2, -0.15) is 0 Å². The van der Waals surface area contributed by atoms with Crippen LogP contribution in [-0.4, -0.2) is 15.8 Å². The summed E-state index contributed by atoms with van der Waals surface area (Å²) in [6.45, 7) is 0. The molecule has 20 heavy (non-hydrogen) atoms. The zero-order valence-corrected chi connectivity index (χ0v) is 12.4. The maximum absolute atomic E-state index is 13.8. The molecule has 0 aliphatic heterocycles. The van der Waals surface area contributed by atoms with Gasteiger partial charge in [0.2, 0.25) is 0 Å². The van der Waals surface area contributed by atoms with Gasteiger partial charge in [0.05, 0.1) is 11.9 Å². The molecule has 0 saturated heterocycles. The smallest absolute Gasteiger partial charge is 0.132 e. The number of nitrogens with zero attached hydrogens (tertiary/aromatic N) is 1. The molecule has 1 aliphatic carbocycles. The Morgan fingerprint density at radius 2 is 2.05 bits per heavy atom. The van der Waals surface area contributed by atoms with E-state index in [0.717, 1.165) is 23.1 Å². The second-order valence-corrected chi connectivity index (χ2v) is 6.03. The summed E-state index contributed by atoms with van der Waals surface area (Å²) in [4.78, 5) is 18.8. The number of ketones is 1. The van der Waals surface area contributed by atoms with Crippen LogP contribution in [0.5, 0.6) is 0 Å². The van der Waals surface area contributed by atoms with Crippen LogP contribution in [0.15, 0.2) is 28.9 Å². The molecule has 1 aliphatic rings. The van der Waals surface area contributed by atoms with Gasteiger partial charge < -0.3 is 4.98 Å². The van der Waals surface area contributed by atoms with Gasteiger partial charge in [0.1, 0.15) is 17.4 Å². The van der Waals surface area contributed by atoms with Gasteiger partial charge in [-0.25, -0.2) is 9.37 Å². The van der Waals surface area contributed by atoms with E-state index in [0.29, 0.717) is 29.9 Å². The van der Waals surface area contributed by atoms with E-state index < -0.39 is 0 Å². The minimum atomic E-state index is -0.276. The van der Waals surface area contributed by atoms with Crippen molar-refractivity contribution in [2.45, 2.75) is 31.6 Å². The van der Waals surface area contributed by atoms with Crippen molar-refractivity contribution < 1.29 is 9.18 Å². The van der Waals surface area contributed by atoms with Crippen LogP contribution in [0.2, 0.25) is 0 Å². The van der Waals surface area contributed by atoms with Crippen LogP contribution < -0.4 is 0 Å². The number of carbonyl (C=O) groups excluding carboxylic acids is 1. The molecule has 1 fully saturated rings. The van der Waals surface area contributed by atoms with Gasteiger partial charge in [0.15, 0.2) is 0 Å². The fourth-order valence-corrected chi connectivity index (χ4v) is 2.96. The first-order chi connectivity index (χ1) is 9.63. The van der Waals surface area contributed by atoms with Gasteiger partial charge in [-0.3, -0.25) is 4.79 Å². The lowest BCUT2D eigenvalue weighted by atomic mass is 9.88. The third kappa shape index (κ3) is 2.68. The number of H-pyrrole nitrogens is 1. The summed E-state index contributed by atoms with van der Waals surface area (Å²) in [6.07, 6.45) is 4.55.